The van der Waals surface area contributed by atoms with Gasteiger partial charge >= 0.3 is 5.97 Å². The first-order valence-electron chi connectivity index (χ1n) is 9.51. The molecule has 0 heterocycles. The van der Waals surface area contributed by atoms with Gasteiger partial charge in [0, 0.05) is 12.0 Å². The predicted octanol–water partition coefficient (Wildman–Crippen LogP) is 1.66. The van der Waals surface area contributed by atoms with E-state index >= 15 is 0 Å². The first-order chi connectivity index (χ1) is 14.1. The summed E-state index contributed by atoms with van der Waals surface area (Å²) in [5.41, 5.74) is 11.4. The predicted molar refractivity (Wildman–Crippen MR) is 114 cm³/mol. The molecule has 0 bridgehead atoms. The molecule has 30 heavy (non-hydrogen) atoms. The fourth-order valence-electron chi connectivity index (χ4n) is 2.52. The van der Waals surface area contributed by atoms with Crippen molar-refractivity contribution in [1.82, 2.24) is 5.32 Å². The van der Waals surface area contributed by atoms with Crippen molar-refractivity contribution in [3.05, 3.63) is 65.7 Å². The smallest absolute Gasteiger partial charge is 0.326 e. The highest BCUT2D eigenvalue weighted by Crippen LogP contribution is 2.12. The van der Waals surface area contributed by atoms with Crippen LogP contribution in [0, 0.1) is 5.92 Å². The lowest BCUT2D eigenvalue weighted by atomic mass is 10.0. The molecule has 0 aliphatic rings. The molecule has 0 aliphatic carbocycles. The number of primary amides is 1. The number of phenols is 1. The van der Waals surface area contributed by atoms with Crippen molar-refractivity contribution in [1.29, 1.82) is 0 Å². The van der Waals surface area contributed by atoms with Crippen LogP contribution in [0.4, 0.5) is 0 Å². The van der Waals surface area contributed by atoms with E-state index in [-0.39, 0.29) is 12.2 Å². The summed E-state index contributed by atoms with van der Waals surface area (Å²) >= 11 is 0. The summed E-state index contributed by atoms with van der Waals surface area (Å²) < 4.78 is 0. The Bertz CT molecular complexity index is 822. The van der Waals surface area contributed by atoms with Gasteiger partial charge in [0.25, 0.3) is 5.91 Å². The zero-order valence-corrected chi connectivity index (χ0v) is 17.1. The largest absolute Gasteiger partial charge is 0.508 e. The fourth-order valence-corrected chi connectivity index (χ4v) is 2.52. The van der Waals surface area contributed by atoms with E-state index in [0.717, 1.165) is 0 Å². The number of benzene rings is 2. The molecule has 0 saturated heterocycles. The molecule has 2 rings (SSSR count). The zero-order valence-electron chi connectivity index (χ0n) is 17.1. The van der Waals surface area contributed by atoms with Gasteiger partial charge in [-0.05, 0) is 42.2 Å². The maximum absolute atomic E-state index is 12.0. The van der Waals surface area contributed by atoms with Crippen molar-refractivity contribution in [3.63, 3.8) is 0 Å². The molecule has 0 fully saturated rings. The van der Waals surface area contributed by atoms with Crippen LogP contribution >= 0.6 is 0 Å². The molecule has 0 unspecified atom stereocenters. The van der Waals surface area contributed by atoms with E-state index in [1.54, 1.807) is 42.5 Å². The summed E-state index contributed by atoms with van der Waals surface area (Å²) in [6.45, 7) is 4.01. The zero-order chi connectivity index (χ0) is 22.7. The molecule has 2 atom stereocenters. The lowest BCUT2D eigenvalue weighted by Gasteiger charge is -2.14. The molecule has 8 nitrogen and oxygen atoms in total. The Balaban J connectivity index is 0.000000424. The SMILES string of the molecule is CC(C)C[C@H](N)C(N)=O.O=C(N[C@@H](Cc1ccc(O)cc1)C(=O)O)c1ccccc1. The molecule has 0 spiro atoms. The molecule has 0 aliphatic heterocycles. The third-order valence-corrected chi connectivity index (χ3v) is 4.11. The minimum atomic E-state index is -1.10. The molecule has 2 aromatic rings. The van der Waals surface area contributed by atoms with Gasteiger partial charge in [0.1, 0.15) is 11.8 Å². The van der Waals surface area contributed by atoms with Crippen LogP contribution in [0.25, 0.3) is 0 Å². The van der Waals surface area contributed by atoms with Gasteiger partial charge in [-0.2, -0.15) is 0 Å². The molecule has 0 saturated carbocycles. The number of rotatable bonds is 8. The van der Waals surface area contributed by atoms with Gasteiger partial charge in [0.05, 0.1) is 6.04 Å². The minimum absolute atomic E-state index is 0.110. The Hall–Kier alpha value is -3.39. The Morgan fingerprint density at radius 3 is 2.00 bits per heavy atom. The van der Waals surface area contributed by atoms with Crippen LogP contribution in [0.5, 0.6) is 5.75 Å². The normalized spacial score (nSPS) is 12.3. The van der Waals surface area contributed by atoms with Gasteiger partial charge in [0.15, 0.2) is 0 Å². The fraction of sp³-hybridized carbons (Fsp3) is 0.318. The van der Waals surface area contributed by atoms with E-state index in [4.69, 9.17) is 11.5 Å². The Morgan fingerprint density at radius 1 is 1.00 bits per heavy atom. The van der Waals surface area contributed by atoms with E-state index in [0.29, 0.717) is 23.5 Å². The molecule has 2 aromatic carbocycles. The molecule has 8 heteroatoms. The number of carbonyl (C=O) groups is 3. The second-order valence-corrected chi connectivity index (χ2v) is 7.24. The number of aliphatic carboxylic acids is 1. The van der Waals surface area contributed by atoms with Crippen LogP contribution in [0.1, 0.15) is 36.2 Å². The number of carbonyl (C=O) groups excluding carboxylic acids is 2. The number of carboxylic acids is 1. The Morgan fingerprint density at radius 2 is 1.57 bits per heavy atom. The van der Waals surface area contributed by atoms with E-state index in [1.807, 2.05) is 13.8 Å². The lowest BCUT2D eigenvalue weighted by molar-refractivity contribution is -0.139. The van der Waals surface area contributed by atoms with E-state index < -0.39 is 29.9 Å². The first-order valence-corrected chi connectivity index (χ1v) is 9.51. The molecule has 2 amide bonds. The number of hydrogen-bond donors (Lipinski definition) is 5. The van der Waals surface area contributed by atoms with E-state index in [9.17, 15) is 24.6 Å². The number of carboxylic acid groups (broad SMARTS) is 1. The maximum Gasteiger partial charge on any atom is 0.326 e. The first kappa shape index (κ1) is 24.6. The standard InChI is InChI=1S/C16H15NO4.C6H14N2O/c18-13-8-6-11(7-9-13)10-14(16(20)21)17-15(19)12-4-2-1-3-5-12;1-4(2)3-5(7)6(8)9/h1-9,14,18H,10H2,(H,17,19)(H,20,21);4-5H,3,7H2,1-2H3,(H2,8,9)/t14-;5-/m00/s1. The topological polar surface area (TPSA) is 156 Å². The summed E-state index contributed by atoms with van der Waals surface area (Å²) in [5.74, 6) is -1.40. The molecule has 0 radical (unpaired) electrons. The van der Waals surface area contributed by atoms with Gasteiger partial charge in [-0.15, -0.1) is 0 Å². The van der Waals surface area contributed by atoms with Crippen LogP contribution in [0.3, 0.4) is 0 Å². The van der Waals surface area contributed by atoms with Crippen LogP contribution in [-0.2, 0) is 16.0 Å². The van der Waals surface area contributed by atoms with Crippen molar-refractivity contribution in [2.75, 3.05) is 0 Å². The van der Waals surface area contributed by atoms with Gasteiger partial charge < -0.3 is 27.0 Å². The summed E-state index contributed by atoms with van der Waals surface area (Å²) in [6.07, 6.45) is 0.823. The molecular formula is C22H29N3O5. The van der Waals surface area contributed by atoms with Crippen molar-refractivity contribution in [2.24, 2.45) is 17.4 Å². The van der Waals surface area contributed by atoms with Gasteiger partial charge in [-0.1, -0.05) is 44.2 Å². The molecule has 0 aromatic heterocycles. The quantitative estimate of drug-likeness (QED) is 0.441. The minimum Gasteiger partial charge on any atom is -0.508 e. The highest BCUT2D eigenvalue weighted by molar-refractivity contribution is 5.96. The highest BCUT2D eigenvalue weighted by atomic mass is 16.4. The second-order valence-electron chi connectivity index (χ2n) is 7.24. The number of hydrogen-bond acceptors (Lipinski definition) is 5. The second kappa shape index (κ2) is 12.2. The van der Waals surface area contributed by atoms with Crippen LogP contribution in [0.2, 0.25) is 0 Å². The van der Waals surface area contributed by atoms with Crippen LogP contribution in [0.15, 0.2) is 54.6 Å². The highest BCUT2D eigenvalue weighted by Gasteiger charge is 2.21. The summed E-state index contributed by atoms with van der Waals surface area (Å²) in [5, 5.41) is 20.9. The van der Waals surface area contributed by atoms with E-state index in [1.165, 1.54) is 12.1 Å². The third kappa shape index (κ3) is 9.20. The van der Waals surface area contributed by atoms with Crippen molar-refractivity contribution in [3.8, 4) is 5.75 Å². The lowest BCUT2D eigenvalue weighted by Crippen LogP contribution is -2.42. The van der Waals surface area contributed by atoms with Crippen LogP contribution in [-0.4, -0.2) is 40.1 Å². The van der Waals surface area contributed by atoms with Crippen molar-refractivity contribution >= 4 is 17.8 Å². The molecule has 162 valence electrons. The summed E-state index contributed by atoms with van der Waals surface area (Å²) in [7, 11) is 0. The summed E-state index contributed by atoms with van der Waals surface area (Å²) in [4.78, 5) is 33.6. The number of nitrogens with two attached hydrogens (primary N) is 2. The third-order valence-electron chi connectivity index (χ3n) is 4.11. The van der Waals surface area contributed by atoms with Crippen molar-refractivity contribution < 1.29 is 24.6 Å². The monoisotopic (exact) mass is 415 g/mol. The average Bonchev–Trinajstić information content (AvgIpc) is 2.69. The Labute approximate surface area is 175 Å². The maximum atomic E-state index is 12.0. The van der Waals surface area contributed by atoms with Gasteiger partial charge in [0.2, 0.25) is 5.91 Å². The number of aromatic hydroxyl groups is 1. The molecular weight excluding hydrogens is 386 g/mol. The number of phenolic OH excluding ortho intramolecular Hbond substituents is 1. The number of amides is 2. The number of nitrogens with one attached hydrogen (secondary N) is 1. The summed E-state index contributed by atoms with van der Waals surface area (Å²) in [6, 6.07) is 13.2. The van der Waals surface area contributed by atoms with Crippen LogP contribution < -0.4 is 16.8 Å². The van der Waals surface area contributed by atoms with Crippen molar-refractivity contribution in [2.45, 2.75) is 38.8 Å². The average molecular weight is 415 g/mol. The van der Waals surface area contributed by atoms with E-state index in [2.05, 4.69) is 5.32 Å². The molecule has 7 N–H and O–H groups in total. The van der Waals surface area contributed by atoms with Gasteiger partial charge in [-0.3, -0.25) is 9.59 Å². The Kier molecular flexibility index (Phi) is 10.0. The van der Waals surface area contributed by atoms with Gasteiger partial charge in [-0.25, -0.2) is 4.79 Å².